The number of rotatable bonds is 8. The van der Waals surface area contributed by atoms with Crippen LogP contribution in [0.3, 0.4) is 0 Å². The molecule has 0 radical (unpaired) electrons. The minimum Gasteiger partial charge on any atom is -0.497 e. The number of carbonyl (C=O) groups excluding carboxylic acids is 2. The summed E-state index contributed by atoms with van der Waals surface area (Å²) < 4.78 is 9.92. The van der Waals surface area contributed by atoms with Crippen LogP contribution in [-0.2, 0) is 14.3 Å². The third kappa shape index (κ3) is 6.48. The van der Waals surface area contributed by atoms with Crippen LogP contribution in [0.25, 0.3) is 0 Å². The summed E-state index contributed by atoms with van der Waals surface area (Å²) in [5, 5.41) is 3.24. The molecule has 0 fully saturated rings. The molecule has 2 rings (SSSR count). The highest BCUT2D eigenvalue weighted by Crippen LogP contribution is 2.26. The second-order valence-corrected chi connectivity index (χ2v) is 7.68. The van der Waals surface area contributed by atoms with E-state index in [-0.39, 0.29) is 17.6 Å². The molecule has 27 heavy (non-hydrogen) atoms. The zero-order valence-electron chi connectivity index (χ0n) is 15.4. The molecule has 0 heterocycles. The Balaban J connectivity index is 2.08. The van der Waals surface area contributed by atoms with E-state index in [1.807, 2.05) is 31.2 Å². The molecule has 0 saturated heterocycles. The van der Waals surface area contributed by atoms with Crippen molar-refractivity contribution < 1.29 is 19.1 Å². The van der Waals surface area contributed by atoms with Gasteiger partial charge in [-0.15, -0.1) is 11.8 Å². The molecule has 0 bridgehead atoms. The fourth-order valence-corrected chi connectivity index (χ4v) is 3.40. The van der Waals surface area contributed by atoms with E-state index in [0.29, 0.717) is 10.8 Å². The highest BCUT2D eigenvalue weighted by molar-refractivity contribution is 8.00. The molecule has 0 aromatic heterocycles. The van der Waals surface area contributed by atoms with Crippen LogP contribution in [0.5, 0.6) is 5.75 Å². The van der Waals surface area contributed by atoms with Crippen molar-refractivity contribution in [3.63, 3.8) is 0 Å². The largest absolute Gasteiger partial charge is 0.497 e. The van der Waals surface area contributed by atoms with Crippen molar-refractivity contribution in [3.05, 3.63) is 59.1 Å². The Morgan fingerprint density at radius 3 is 2.26 bits per heavy atom. The molecule has 1 amide bonds. The van der Waals surface area contributed by atoms with Gasteiger partial charge in [-0.1, -0.05) is 23.7 Å². The first kappa shape index (κ1) is 21.1. The van der Waals surface area contributed by atoms with Crippen LogP contribution < -0.4 is 10.1 Å². The maximum Gasteiger partial charge on any atom is 0.307 e. The smallest absolute Gasteiger partial charge is 0.307 e. The average Bonchev–Trinajstić information content (AvgIpc) is 2.69. The van der Waals surface area contributed by atoms with Gasteiger partial charge in [0, 0.05) is 9.92 Å². The summed E-state index contributed by atoms with van der Waals surface area (Å²) >= 11 is 7.31. The third-order valence-corrected chi connectivity index (χ3v) is 5.29. The zero-order chi connectivity index (χ0) is 19.8. The van der Waals surface area contributed by atoms with Crippen LogP contribution in [-0.4, -0.2) is 31.3 Å². The molecule has 7 heteroatoms. The maximum absolute atomic E-state index is 12.7. The first-order valence-electron chi connectivity index (χ1n) is 8.36. The number of hydrogen-bond donors (Lipinski definition) is 1. The lowest BCUT2D eigenvalue weighted by Crippen LogP contribution is -2.35. The number of thioether (sulfide) groups is 1. The fourth-order valence-electron chi connectivity index (χ4n) is 2.40. The summed E-state index contributed by atoms with van der Waals surface area (Å²) in [6.45, 7) is 1.82. The molecule has 0 aliphatic rings. The molecule has 0 spiro atoms. The minimum atomic E-state index is -0.482. The van der Waals surface area contributed by atoms with Crippen LogP contribution >= 0.6 is 23.4 Å². The second-order valence-electron chi connectivity index (χ2n) is 5.83. The monoisotopic (exact) mass is 407 g/mol. The number of halogens is 1. The van der Waals surface area contributed by atoms with Crippen molar-refractivity contribution >= 4 is 35.2 Å². The normalized spacial score (nSPS) is 12.7. The van der Waals surface area contributed by atoms with Crippen molar-refractivity contribution in [1.82, 2.24) is 5.32 Å². The van der Waals surface area contributed by atoms with E-state index in [4.69, 9.17) is 21.1 Å². The standard InChI is InChI=1S/C20H22ClNO4S/c1-13(27-17-10-6-15(21)7-11-17)20(24)22-18(12-19(23)26-3)14-4-8-16(25-2)9-5-14/h4-11,13,18H,12H2,1-3H3,(H,22,24). The van der Waals surface area contributed by atoms with Crippen molar-refractivity contribution in [2.24, 2.45) is 0 Å². The molecular formula is C20H22ClNO4S. The van der Waals surface area contributed by atoms with Crippen LogP contribution in [0, 0.1) is 0 Å². The number of esters is 1. The van der Waals surface area contributed by atoms with Gasteiger partial charge in [0.1, 0.15) is 5.75 Å². The van der Waals surface area contributed by atoms with Crippen LogP contribution in [0.2, 0.25) is 5.02 Å². The summed E-state index contributed by atoms with van der Waals surface area (Å²) in [5.41, 5.74) is 0.804. The van der Waals surface area contributed by atoms with E-state index in [1.165, 1.54) is 18.9 Å². The molecule has 144 valence electrons. The number of benzene rings is 2. The second kappa shape index (κ2) is 10.2. The number of amides is 1. The molecule has 1 N–H and O–H groups in total. The summed E-state index contributed by atoms with van der Waals surface area (Å²) in [7, 11) is 2.91. The van der Waals surface area contributed by atoms with Crippen molar-refractivity contribution in [1.29, 1.82) is 0 Å². The van der Waals surface area contributed by atoms with Crippen LogP contribution in [0.15, 0.2) is 53.4 Å². The van der Waals surface area contributed by atoms with Gasteiger partial charge >= 0.3 is 5.97 Å². The number of hydrogen-bond acceptors (Lipinski definition) is 5. The van der Waals surface area contributed by atoms with Gasteiger partial charge < -0.3 is 14.8 Å². The summed E-state index contributed by atoms with van der Waals surface area (Å²) in [5.74, 6) is 0.141. The van der Waals surface area contributed by atoms with Gasteiger partial charge in [-0.25, -0.2) is 0 Å². The Bertz CT molecular complexity index is 765. The zero-order valence-corrected chi connectivity index (χ0v) is 17.0. The van der Waals surface area contributed by atoms with E-state index in [9.17, 15) is 9.59 Å². The lowest BCUT2D eigenvalue weighted by atomic mass is 10.0. The lowest BCUT2D eigenvalue weighted by Gasteiger charge is -2.21. The quantitative estimate of drug-likeness (QED) is 0.523. The highest BCUT2D eigenvalue weighted by Gasteiger charge is 2.22. The van der Waals surface area contributed by atoms with Crippen LogP contribution in [0.4, 0.5) is 0 Å². The van der Waals surface area contributed by atoms with E-state index in [2.05, 4.69) is 5.32 Å². The van der Waals surface area contributed by atoms with E-state index in [1.54, 1.807) is 31.4 Å². The van der Waals surface area contributed by atoms with Crippen molar-refractivity contribution in [3.8, 4) is 5.75 Å². The Labute approximate surface area is 168 Å². The molecule has 5 nitrogen and oxygen atoms in total. The third-order valence-electron chi connectivity index (χ3n) is 3.93. The van der Waals surface area contributed by atoms with Crippen LogP contribution in [0.1, 0.15) is 24.9 Å². The molecule has 0 saturated carbocycles. The lowest BCUT2D eigenvalue weighted by molar-refractivity contribution is -0.141. The van der Waals surface area contributed by atoms with E-state index in [0.717, 1.165) is 10.5 Å². The SMILES string of the molecule is COC(=O)CC(NC(=O)C(C)Sc1ccc(Cl)cc1)c1ccc(OC)cc1. The average molecular weight is 408 g/mol. The first-order valence-corrected chi connectivity index (χ1v) is 9.62. The summed E-state index contributed by atoms with van der Waals surface area (Å²) in [4.78, 5) is 25.4. The van der Waals surface area contributed by atoms with Gasteiger partial charge in [0.15, 0.2) is 0 Å². The number of carbonyl (C=O) groups is 2. The van der Waals surface area contributed by atoms with Gasteiger partial charge in [0.2, 0.25) is 5.91 Å². The highest BCUT2D eigenvalue weighted by atomic mass is 35.5. The molecule has 0 aliphatic heterocycles. The topological polar surface area (TPSA) is 64.6 Å². The Morgan fingerprint density at radius 2 is 1.70 bits per heavy atom. The molecule has 2 atom stereocenters. The number of nitrogens with one attached hydrogen (secondary N) is 1. The number of methoxy groups -OCH3 is 2. The minimum absolute atomic E-state index is 0.0485. The molecule has 0 aliphatic carbocycles. The van der Waals surface area contributed by atoms with Crippen molar-refractivity contribution in [2.75, 3.05) is 14.2 Å². The van der Waals surface area contributed by atoms with Gasteiger partial charge in [0.25, 0.3) is 0 Å². The fraction of sp³-hybridized carbons (Fsp3) is 0.300. The van der Waals surface area contributed by atoms with Gasteiger partial charge in [-0.05, 0) is 48.9 Å². The molecule has 2 aromatic carbocycles. The number of ether oxygens (including phenoxy) is 2. The Morgan fingerprint density at radius 1 is 1.07 bits per heavy atom. The van der Waals surface area contributed by atoms with E-state index < -0.39 is 12.0 Å². The van der Waals surface area contributed by atoms with Gasteiger partial charge in [-0.2, -0.15) is 0 Å². The molecule has 2 unspecified atom stereocenters. The van der Waals surface area contributed by atoms with Crippen molar-refractivity contribution in [2.45, 2.75) is 29.5 Å². The summed E-state index contributed by atoms with van der Waals surface area (Å²) in [6, 6.07) is 14.0. The van der Waals surface area contributed by atoms with Gasteiger partial charge in [-0.3, -0.25) is 9.59 Å². The summed E-state index contributed by atoms with van der Waals surface area (Å²) in [6.07, 6.45) is 0.0485. The molecule has 2 aromatic rings. The van der Waals surface area contributed by atoms with Gasteiger partial charge in [0.05, 0.1) is 31.9 Å². The molecular weight excluding hydrogens is 386 g/mol. The van der Waals surface area contributed by atoms with E-state index >= 15 is 0 Å². The Hall–Kier alpha value is -2.18. The Kier molecular flexibility index (Phi) is 8.00. The first-order chi connectivity index (χ1) is 12.9. The maximum atomic E-state index is 12.7. The predicted molar refractivity (Wildman–Crippen MR) is 107 cm³/mol. The predicted octanol–water partition coefficient (Wildman–Crippen LogP) is 4.25.